The Hall–Kier alpha value is -0.890. The Morgan fingerprint density at radius 2 is 2.06 bits per heavy atom. The van der Waals surface area contributed by atoms with Crippen molar-refractivity contribution in [3.63, 3.8) is 0 Å². The maximum atomic E-state index is 13.0. The quantitative estimate of drug-likeness (QED) is 0.629. The first-order valence-electron chi connectivity index (χ1n) is 5.97. The van der Waals surface area contributed by atoms with Crippen LogP contribution in [0.2, 0.25) is 0 Å². The van der Waals surface area contributed by atoms with E-state index in [1.165, 1.54) is 36.6 Å². The first-order chi connectivity index (χ1) is 7.81. The van der Waals surface area contributed by atoms with Gasteiger partial charge in [0.25, 0.3) is 0 Å². The van der Waals surface area contributed by atoms with Gasteiger partial charge in [-0.2, -0.15) is 0 Å². The van der Waals surface area contributed by atoms with E-state index in [9.17, 15) is 4.39 Å². The summed E-state index contributed by atoms with van der Waals surface area (Å²) < 4.78 is 14.1. The van der Waals surface area contributed by atoms with Gasteiger partial charge in [-0.3, -0.25) is 0 Å². The molecule has 0 bridgehead atoms. The Bertz CT molecular complexity index is 459. The summed E-state index contributed by atoms with van der Waals surface area (Å²) >= 11 is 1.65. The van der Waals surface area contributed by atoms with E-state index in [0.29, 0.717) is 0 Å². The van der Waals surface area contributed by atoms with Crippen LogP contribution in [-0.2, 0) is 6.42 Å². The average Bonchev–Trinajstić information content (AvgIpc) is 2.67. The normalized spacial score (nSPS) is 11.1. The topological polar surface area (TPSA) is 0 Å². The van der Waals surface area contributed by atoms with Crippen LogP contribution in [0, 0.1) is 5.82 Å². The number of aryl methyl sites for hydroxylation is 1. The number of benzene rings is 1. The van der Waals surface area contributed by atoms with E-state index in [2.05, 4.69) is 12.3 Å². The van der Waals surface area contributed by atoms with Crippen LogP contribution in [-0.4, -0.2) is 0 Å². The Morgan fingerprint density at radius 3 is 2.88 bits per heavy atom. The first-order valence-corrected chi connectivity index (χ1v) is 6.85. The fourth-order valence-electron chi connectivity index (χ4n) is 1.99. The van der Waals surface area contributed by atoms with Crippen LogP contribution in [0.25, 0.3) is 10.1 Å². The summed E-state index contributed by atoms with van der Waals surface area (Å²) in [5.41, 5.74) is 1.39. The fourth-order valence-corrected chi connectivity index (χ4v) is 3.01. The van der Waals surface area contributed by atoms with Crippen LogP contribution in [0.4, 0.5) is 4.39 Å². The lowest BCUT2D eigenvalue weighted by Gasteiger charge is -1.99. The van der Waals surface area contributed by atoms with E-state index in [1.54, 1.807) is 23.5 Å². The maximum absolute atomic E-state index is 13.0. The molecule has 0 atom stereocenters. The highest BCUT2D eigenvalue weighted by molar-refractivity contribution is 7.17. The third kappa shape index (κ3) is 2.62. The number of unbranched alkanes of at least 4 members (excludes halogenated alkanes) is 3. The molecule has 2 rings (SSSR count). The molecule has 0 nitrogen and oxygen atoms in total. The van der Waals surface area contributed by atoms with Crippen molar-refractivity contribution in [2.45, 2.75) is 39.0 Å². The van der Waals surface area contributed by atoms with Gasteiger partial charge in [-0.25, -0.2) is 4.39 Å². The summed E-state index contributed by atoms with van der Waals surface area (Å²) in [6.07, 6.45) is 6.27. The molecule has 0 spiro atoms. The van der Waals surface area contributed by atoms with Crippen molar-refractivity contribution < 1.29 is 4.39 Å². The van der Waals surface area contributed by atoms with E-state index in [1.807, 2.05) is 6.07 Å². The number of rotatable bonds is 5. The highest BCUT2D eigenvalue weighted by atomic mass is 32.1. The molecular formula is C14H17FS. The van der Waals surface area contributed by atoms with E-state index < -0.39 is 0 Å². The van der Waals surface area contributed by atoms with Gasteiger partial charge in [-0.15, -0.1) is 11.3 Å². The molecule has 1 aromatic carbocycles. The second-order valence-electron chi connectivity index (χ2n) is 4.21. The summed E-state index contributed by atoms with van der Waals surface area (Å²) in [7, 11) is 0. The van der Waals surface area contributed by atoms with Gasteiger partial charge in [0.2, 0.25) is 0 Å². The van der Waals surface area contributed by atoms with E-state index in [4.69, 9.17) is 0 Å². The molecular weight excluding hydrogens is 219 g/mol. The zero-order valence-corrected chi connectivity index (χ0v) is 10.4. The van der Waals surface area contributed by atoms with Crippen LogP contribution in [0.15, 0.2) is 23.6 Å². The molecule has 0 aliphatic carbocycles. The van der Waals surface area contributed by atoms with Gasteiger partial charge in [0.1, 0.15) is 5.82 Å². The van der Waals surface area contributed by atoms with E-state index in [0.717, 1.165) is 11.1 Å². The Balaban J connectivity index is 2.07. The van der Waals surface area contributed by atoms with Gasteiger partial charge in [0.15, 0.2) is 0 Å². The molecule has 2 heteroatoms. The molecule has 0 saturated heterocycles. The second-order valence-corrected chi connectivity index (χ2v) is 5.12. The average molecular weight is 236 g/mol. The predicted molar refractivity (Wildman–Crippen MR) is 69.6 cm³/mol. The highest BCUT2D eigenvalue weighted by Gasteiger charge is 2.04. The maximum Gasteiger partial charge on any atom is 0.124 e. The molecule has 1 heterocycles. The third-order valence-corrected chi connectivity index (χ3v) is 3.91. The molecule has 0 unspecified atom stereocenters. The zero-order chi connectivity index (χ0) is 11.4. The molecule has 0 radical (unpaired) electrons. The van der Waals surface area contributed by atoms with Crippen molar-refractivity contribution >= 4 is 21.4 Å². The monoisotopic (exact) mass is 236 g/mol. The number of hydrogen-bond donors (Lipinski definition) is 0. The zero-order valence-electron chi connectivity index (χ0n) is 9.63. The first kappa shape index (κ1) is 11.6. The van der Waals surface area contributed by atoms with Gasteiger partial charge in [0.05, 0.1) is 0 Å². The Morgan fingerprint density at radius 1 is 1.19 bits per heavy atom. The largest absolute Gasteiger partial charge is 0.207 e. The number of halogens is 1. The molecule has 0 amide bonds. The number of fused-ring (bicyclic) bond motifs is 1. The number of thiophene rings is 1. The molecule has 0 N–H and O–H groups in total. The standard InChI is InChI=1S/C14H17FS/c1-2-3-4-5-6-11-10-16-14-9-12(15)7-8-13(11)14/h7-10H,2-6H2,1H3. The van der Waals surface area contributed by atoms with Gasteiger partial charge in [-0.1, -0.05) is 32.3 Å². The lowest BCUT2D eigenvalue weighted by Crippen LogP contribution is -1.84. The second kappa shape index (κ2) is 5.44. The third-order valence-electron chi connectivity index (χ3n) is 2.92. The summed E-state index contributed by atoms with van der Waals surface area (Å²) in [5.74, 6) is -0.133. The smallest absolute Gasteiger partial charge is 0.124 e. The lowest BCUT2D eigenvalue weighted by atomic mass is 10.1. The van der Waals surface area contributed by atoms with Crippen LogP contribution in [0.3, 0.4) is 0 Å². The molecule has 0 aliphatic rings. The summed E-state index contributed by atoms with van der Waals surface area (Å²) in [5, 5.41) is 3.42. The van der Waals surface area contributed by atoms with Crippen molar-refractivity contribution in [2.24, 2.45) is 0 Å². The molecule has 2 aromatic rings. The van der Waals surface area contributed by atoms with Crippen molar-refractivity contribution in [3.05, 3.63) is 35.0 Å². The minimum Gasteiger partial charge on any atom is -0.207 e. The Kier molecular flexibility index (Phi) is 3.94. The predicted octanol–water partition coefficient (Wildman–Crippen LogP) is 5.16. The highest BCUT2D eigenvalue weighted by Crippen LogP contribution is 2.27. The van der Waals surface area contributed by atoms with Gasteiger partial charge >= 0.3 is 0 Å². The summed E-state index contributed by atoms with van der Waals surface area (Å²) in [6.45, 7) is 2.22. The van der Waals surface area contributed by atoms with Gasteiger partial charge in [-0.05, 0) is 41.3 Å². The molecule has 0 aliphatic heterocycles. The summed E-state index contributed by atoms with van der Waals surface area (Å²) in [4.78, 5) is 0. The van der Waals surface area contributed by atoms with Crippen molar-refractivity contribution in [1.29, 1.82) is 0 Å². The molecule has 0 fully saturated rings. The molecule has 0 saturated carbocycles. The van der Waals surface area contributed by atoms with E-state index >= 15 is 0 Å². The lowest BCUT2D eigenvalue weighted by molar-refractivity contribution is 0.630. The molecule has 16 heavy (non-hydrogen) atoms. The fraction of sp³-hybridized carbons (Fsp3) is 0.429. The van der Waals surface area contributed by atoms with Crippen molar-refractivity contribution in [2.75, 3.05) is 0 Å². The minimum atomic E-state index is -0.133. The van der Waals surface area contributed by atoms with Crippen LogP contribution in [0.5, 0.6) is 0 Å². The summed E-state index contributed by atoms with van der Waals surface area (Å²) in [6, 6.07) is 5.11. The van der Waals surface area contributed by atoms with E-state index in [-0.39, 0.29) is 5.82 Å². The van der Waals surface area contributed by atoms with Crippen molar-refractivity contribution in [1.82, 2.24) is 0 Å². The van der Waals surface area contributed by atoms with Crippen LogP contribution >= 0.6 is 11.3 Å². The van der Waals surface area contributed by atoms with Crippen LogP contribution < -0.4 is 0 Å². The Labute approximate surface area is 100 Å². The molecule has 86 valence electrons. The van der Waals surface area contributed by atoms with Gasteiger partial charge < -0.3 is 0 Å². The SMILES string of the molecule is CCCCCCc1csc2cc(F)ccc12. The minimum absolute atomic E-state index is 0.133. The molecule has 1 aromatic heterocycles. The van der Waals surface area contributed by atoms with Crippen molar-refractivity contribution in [3.8, 4) is 0 Å². The van der Waals surface area contributed by atoms with Crippen LogP contribution in [0.1, 0.15) is 38.2 Å². The number of hydrogen-bond acceptors (Lipinski definition) is 1. The van der Waals surface area contributed by atoms with Gasteiger partial charge in [0, 0.05) is 4.70 Å².